The summed E-state index contributed by atoms with van der Waals surface area (Å²) in [5.41, 5.74) is 4.55. The van der Waals surface area contributed by atoms with Gasteiger partial charge in [0.1, 0.15) is 11.9 Å². The number of carbonyl (C=O) groups excluding carboxylic acids is 4. The monoisotopic (exact) mass is 1600 g/mol. The molecule has 105 heavy (non-hydrogen) atoms. The normalized spacial score (nSPS) is 19.3. The first-order valence-electron chi connectivity index (χ1n) is 33.2. The van der Waals surface area contributed by atoms with Gasteiger partial charge in [-0.1, -0.05) is 35.3 Å². The van der Waals surface area contributed by atoms with Crippen LogP contribution in [0.5, 0.6) is 0 Å². The highest BCUT2D eigenvalue weighted by Gasteiger charge is 2.45. The van der Waals surface area contributed by atoms with E-state index >= 15 is 0 Å². The standard InChI is InChI=1S/C25H25F3N4O3S2.C23H23ClFN5O3S2.C22H19ClN4O4S2.5H2/c26-25(27,28)19-3-1-17(2-4-19)18-9-13-31(14-10-18)22-11-15-32(23(22)33)20-5-7-21(8-6-20)37(34,35)30-24-29-12-16-36-24;24-19-6-1-16(25)15-21(19)29-12-10-28(11-13-29)20-7-9-30(22(20)31)17-2-4-18(5-3-17)35(32,33)27-23-26-8-14-34-23;23-15-3-8-18-14(12-15)2-1-10-26(18)19-13-20(28)27(21(19)29)16-4-6-17(7-5-16)33(30,31)25-22-24-9-11-32-22;;;;;/h1-8,12,16,18,22H,9-11,13-15H2,(H,29,30);1-6,8,14-15,20H,7,9-13H2,(H,26,27);3-9,11-12,19H,1-2,10,13H2,(H,24,25);5*1H/t22-;20-;19-;;;;;/m000...../s1. The molecule has 6 aliphatic heterocycles. The number of halogens is 6. The van der Waals surface area contributed by atoms with Gasteiger partial charge in [0.25, 0.3) is 36.0 Å². The molecule has 23 nitrogen and oxygen atoms in total. The van der Waals surface area contributed by atoms with Crippen molar-refractivity contribution in [1.82, 2.24) is 24.8 Å². The highest BCUT2D eigenvalue weighted by atomic mass is 35.5. The molecule has 5 fully saturated rings. The van der Waals surface area contributed by atoms with Gasteiger partial charge in [0.15, 0.2) is 15.4 Å². The molecule has 35 heteroatoms. The quantitative estimate of drug-likeness (QED) is 0.0565. The van der Waals surface area contributed by atoms with Crippen LogP contribution < -0.4 is 38.7 Å². The molecule has 6 aliphatic rings. The van der Waals surface area contributed by atoms with Gasteiger partial charge in [-0.05, 0) is 190 Å². The Bertz CT molecular complexity index is 5000. The number of piperazine rings is 1. The van der Waals surface area contributed by atoms with Gasteiger partial charge in [-0.15, -0.1) is 34.0 Å². The zero-order valence-electron chi connectivity index (χ0n) is 55.6. The molecule has 560 valence electrons. The average molecular weight is 1600 g/mol. The van der Waals surface area contributed by atoms with Crippen LogP contribution in [-0.2, 0) is 61.8 Å². The van der Waals surface area contributed by atoms with Crippen molar-refractivity contribution in [3.05, 3.63) is 201 Å². The van der Waals surface area contributed by atoms with Gasteiger partial charge in [-0.25, -0.2) is 49.5 Å². The Kier molecular flexibility index (Phi) is 22.3. The number of imide groups is 1. The summed E-state index contributed by atoms with van der Waals surface area (Å²) in [5.74, 6) is -0.824. The maximum absolute atomic E-state index is 13.7. The summed E-state index contributed by atoms with van der Waals surface area (Å²) < 4.78 is 135. The van der Waals surface area contributed by atoms with Crippen LogP contribution in [0.2, 0.25) is 10.0 Å². The molecule has 0 aliphatic carbocycles. The van der Waals surface area contributed by atoms with E-state index < -0.39 is 47.9 Å². The first kappa shape index (κ1) is 74.6. The number of likely N-dealkylation sites (tertiary alicyclic amines) is 1. The second kappa shape index (κ2) is 31.4. The lowest BCUT2D eigenvalue weighted by Gasteiger charge is -2.38. The van der Waals surface area contributed by atoms with E-state index in [-0.39, 0.29) is 86.0 Å². The maximum atomic E-state index is 13.7. The Balaban J connectivity index is 0.000000203. The van der Waals surface area contributed by atoms with Crippen molar-refractivity contribution in [3.63, 3.8) is 0 Å². The van der Waals surface area contributed by atoms with Crippen molar-refractivity contribution >= 4 is 155 Å². The topological polar surface area (TPSA) is 268 Å². The summed E-state index contributed by atoms with van der Waals surface area (Å²) in [6.07, 6.45) is 4.89. The second-order valence-corrected chi connectivity index (χ2v) is 33.9. The summed E-state index contributed by atoms with van der Waals surface area (Å²) in [4.78, 5) is 77.4. The van der Waals surface area contributed by atoms with E-state index in [4.69, 9.17) is 23.2 Å². The number of fused-ring (bicyclic) bond motifs is 1. The number of piperidine rings is 1. The third-order valence-electron chi connectivity index (χ3n) is 19.0. The zero-order valence-corrected chi connectivity index (χ0v) is 62.0. The van der Waals surface area contributed by atoms with Crippen LogP contribution in [0.15, 0.2) is 183 Å². The first-order chi connectivity index (χ1) is 50.3. The maximum Gasteiger partial charge on any atom is 0.416 e. The second-order valence-electron chi connectivity index (χ2n) is 25.3. The first-order valence-corrected chi connectivity index (χ1v) is 41.1. The van der Waals surface area contributed by atoms with Crippen molar-refractivity contribution in [2.45, 2.75) is 89.9 Å². The summed E-state index contributed by atoms with van der Waals surface area (Å²) >= 11 is 15.9. The molecule has 15 rings (SSSR count). The van der Waals surface area contributed by atoms with Crippen molar-refractivity contribution in [1.29, 1.82) is 0 Å². The Morgan fingerprint density at radius 2 is 0.971 bits per heavy atom. The van der Waals surface area contributed by atoms with E-state index in [1.54, 1.807) is 74.5 Å². The minimum absolute atomic E-state index is 0. The van der Waals surface area contributed by atoms with Gasteiger partial charge < -0.3 is 19.6 Å². The van der Waals surface area contributed by atoms with E-state index in [1.165, 1.54) is 113 Å². The molecule has 9 heterocycles. The van der Waals surface area contributed by atoms with Crippen LogP contribution in [0.1, 0.15) is 68.3 Å². The van der Waals surface area contributed by atoms with Crippen molar-refractivity contribution in [3.8, 4) is 0 Å². The average Bonchev–Trinajstić information content (AvgIpc) is 1.75. The van der Waals surface area contributed by atoms with Gasteiger partial charge in [0, 0.05) is 110 Å². The number of nitrogens with one attached hydrogen (secondary N) is 3. The van der Waals surface area contributed by atoms with Crippen LogP contribution in [0, 0.1) is 5.82 Å². The number of hydrogen-bond donors (Lipinski definition) is 3. The number of benzene rings is 6. The van der Waals surface area contributed by atoms with Gasteiger partial charge in [-0.2, -0.15) is 13.2 Å². The molecule has 5 saturated heterocycles. The van der Waals surface area contributed by atoms with E-state index in [2.05, 4.69) is 38.9 Å². The Morgan fingerprint density at radius 1 is 0.495 bits per heavy atom. The third kappa shape index (κ3) is 17.0. The van der Waals surface area contributed by atoms with Crippen molar-refractivity contribution in [2.75, 3.05) is 97.6 Å². The number of alkyl halides is 3. The molecule has 3 aromatic heterocycles. The van der Waals surface area contributed by atoms with Gasteiger partial charge >= 0.3 is 6.18 Å². The number of aryl methyl sites for hydroxylation is 1. The molecule has 0 spiro atoms. The lowest BCUT2D eigenvalue weighted by molar-refractivity contribution is -0.137. The van der Waals surface area contributed by atoms with Crippen LogP contribution in [0.3, 0.4) is 0 Å². The number of sulfonamides is 3. The molecule has 0 saturated carbocycles. The van der Waals surface area contributed by atoms with E-state index in [0.717, 1.165) is 59.5 Å². The molecule has 4 amide bonds. The molecular formula is C70H77Cl2F4N13O10S6. The molecule has 0 radical (unpaired) electrons. The third-order valence-corrected chi connectivity index (χ3v) is 26.1. The molecule has 6 aromatic carbocycles. The summed E-state index contributed by atoms with van der Waals surface area (Å²) in [7, 11) is -11.3. The SMILES string of the molecule is O=C1C[C@H](N2CCCc3cc(Cl)ccc32)C(=O)N1c1ccc(S(=O)(=O)Nc2nccs2)cc1.O=C1[C@@H](N2CCC(c3ccc(C(F)(F)F)cc3)CC2)CCN1c1ccc(S(=O)(=O)Nc2nccs2)cc1.O=C1[C@@H](N2CCN(c3cc(F)ccc3Cl)CC2)CCN1c1ccc(S(=O)(=O)Nc2nccs2)cc1.[HH].[HH].[HH].[HH].[HH]. The van der Waals surface area contributed by atoms with Crippen molar-refractivity contribution < 1.29 is 69.1 Å². The fourth-order valence-corrected chi connectivity index (χ4v) is 19.6. The van der Waals surface area contributed by atoms with Crippen molar-refractivity contribution in [2.24, 2.45) is 0 Å². The number of hydrogen-bond acceptors (Lipinski definition) is 20. The Morgan fingerprint density at radius 3 is 1.44 bits per heavy atom. The van der Waals surface area contributed by atoms with E-state index in [9.17, 15) is 62.0 Å². The summed E-state index contributed by atoms with van der Waals surface area (Å²) in [6, 6.07) is 32.4. The largest absolute Gasteiger partial charge is 0.416 e. The molecular weight excluding hydrogens is 1520 g/mol. The number of thiazole rings is 3. The summed E-state index contributed by atoms with van der Waals surface area (Å²) in [6.45, 7) is 5.76. The minimum atomic E-state index is -4.34. The van der Waals surface area contributed by atoms with E-state index in [1.807, 2.05) is 21.9 Å². The number of amides is 4. The fraction of sp³-hybridized carbons (Fsp3) is 0.300. The molecule has 3 atom stereocenters. The number of aromatic nitrogens is 3. The van der Waals surface area contributed by atoms with Gasteiger partial charge in [-0.3, -0.25) is 43.1 Å². The Hall–Kier alpha value is -8.64. The lowest BCUT2D eigenvalue weighted by atomic mass is 9.88. The molecule has 0 bridgehead atoms. The highest BCUT2D eigenvalue weighted by molar-refractivity contribution is 7.93. The van der Waals surface area contributed by atoms with Gasteiger partial charge in [0.2, 0.25) is 17.7 Å². The minimum Gasteiger partial charge on any atom is -0.368 e. The smallest absolute Gasteiger partial charge is 0.368 e. The predicted octanol–water partition coefficient (Wildman–Crippen LogP) is 13.5. The lowest BCUT2D eigenvalue weighted by Crippen LogP contribution is -2.52. The van der Waals surface area contributed by atoms with Crippen LogP contribution in [0.25, 0.3) is 0 Å². The number of nitrogens with zero attached hydrogens (tertiary/aromatic N) is 10. The van der Waals surface area contributed by atoms with Crippen LogP contribution in [0.4, 0.5) is 61.4 Å². The molecule has 0 unspecified atom stereocenters. The van der Waals surface area contributed by atoms with Crippen LogP contribution >= 0.6 is 57.2 Å². The fourth-order valence-electron chi connectivity index (χ4n) is 13.8. The van der Waals surface area contributed by atoms with E-state index in [0.29, 0.717) is 110 Å². The zero-order chi connectivity index (χ0) is 74.0. The van der Waals surface area contributed by atoms with Crippen LogP contribution in [-0.4, -0.2) is 151 Å². The number of carbonyl (C=O) groups is 4. The summed E-state index contributed by atoms with van der Waals surface area (Å²) in [5, 5.41) is 7.02. The van der Waals surface area contributed by atoms with Gasteiger partial charge in [0.05, 0.1) is 55.2 Å². The predicted molar refractivity (Wildman–Crippen MR) is 408 cm³/mol. The number of rotatable bonds is 17. The number of anilines is 8. The highest BCUT2D eigenvalue weighted by Crippen LogP contribution is 2.39. The molecule has 9 aromatic rings. The molecule has 3 N–H and O–H groups in total. The Labute approximate surface area is 632 Å².